The molecular weight excluding hydrogens is 366 g/mol. The molecule has 0 atom stereocenters. The molecule has 0 aliphatic rings. The summed E-state index contributed by atoms with van der Waals surface area (Å²) in [4.78, 5) is 22.8. The van der Waals surface area contributed by atoms with Gasteiger partial charge in [-0.25, -0.2) is 4.79 Å². The van der Waals surface area contributed by atoms with E-state index in [1.54, 1.807) is 6.92 Å². The zero-order chi connectivity index (χ0) is 21.4. The molecule has 0 radical (unpaired) electrons. The topological polar surface area (TPSA) is 64.6 Å². The minimum absolute atomic E-state index is 0.0951. The zero-order valence-electron chi connectivity index (χ0n) is 19.3. The number of carbonyl (C=O) groups is 2. The quantitative estimate of drug-likeness (QED) is 0.164. The molecule has 0 heterocycles. The van der Waals surface area contributed by atoms with Crippen molar-refractivity contribution in [1.29, 1.82) is 0 Å². The van der Waals surface area contributed by atoms with Crippen LogP contribution in [-0.4, -0.2) is 31.8 Å². The number of unbranched alkanes of at least 4 members (excludes halogenated alkanes) is 14. The van der Waals surface area contributed by atoms with Crippen LogP contribution in [0.25, 0.3) is 0 Å². The second kappa shape index (κ2) is 23.0. The molecule has 0 rings (SSSR count). The van der Waals surface area contributed by atoms with Crippen LogP contribution in [0.5, 0.6) is 0 Å². The first-order valence-corrected chi connectivity index (χ1v) is 12.3. The average Bonchev–Trinajstić information content (AvgIpc) is 2.71. The van der Waals surface area contributed by atoms with Crippen molar-refractivity contribution in [3.8, 4) is 0 Å². The van der Waals surface area contributed by atoms with Crippen molar-refractivity contribution >= 4 is 12.1 Å². The number of esters is 1. The van der Waals surface area contributed by atoms with E-state index >= 15 is 0 Å². The van der Waals surface area contributed by atoms with E-state index in [0.717, 1.165) is 32.1 Å². The monoisotopic (exact) mass is 413 g/mol. The summed E-state index contributed by atoms with van der Waals surface area (Å²) in [6.45, 7) is 5.58. The number of ether oxygens (including phenoxy) is 2. The molecule has 0 bridgehead atoms. The Morgan fingerprint density at radius 1 is 0.621 bits per heavy atom. The summed E-state index contributed by atoms with van der Waals surface area (Å²) >= 11 is 0. The maximum atomic E-state index is 11.7. The fourth-order valence-corrected chi connectivity index (χ4v) is 3.32. The highest BCUT2D eigenvalue weighted by Gasteiger charge is 2.03. The highest BCUT2D eigenvalue weighted by Crippen LogP contribution is 2.12. The van der Waals surface area contributed by atoms with Crippen LogP contribution in [0, 0.1) is 0 Å². The number of amides is 1. The molecule has 5 heteroatoms. The molecular formula is C24H47NO4. The third-order valence-electron chi connectivity index (χ3n) is 5.11. The molecule has 1 amide bonds. The number of hydrogen-bond donors (Lipinski definition) is 1. The number of rotatable bonds is 21. The maximum absolute atomic E-state index is 11.7. The van der Waals surface area contributed by atoms with Gasteiger partial charge in [-0.3, -0.25) is 4.79 Å². The second-order valence-electron chi connectivity index (χ2n) is 7.92. The number of nitrogens with one attached hydrogen (secondary N) is 1. The van der Waals surface area contributed by atoms with Crippen molar-refractivity contribution in [3.63, 3.8) is 0 Å². The summed E-state index contributed by atoms with van der Waals surface area (Å²) in [5, 5.41) is 2.68. The Kier molecular flexibility index (Phi) is 22.0. The molecule has 0 aliphatic carbocycles. The molecule has 0 fully saturated rings. The zero-order valence-corrected chi connectivity index (χ0v) is 19.3. The molecule has 5 nitrogen and oxygen atoms in total. The maximum Gasteiger partial charge on any atom is 0.407 e. The van der Waals surface area contributed by atoms with Crippen molar-refractivity contribution in [2.24, 2.45) is 0 Å². The highest BCUT2D eigenvalue weighted by atomic mass is 16.5. The Labute approximate surface area is 179 Å². The van der Waals surface area contributed by atoms with Gasteiger partial charge in [0.15, 0.2) is 0 Å². The number of hydrogen-bond acceptors (Lipinski definition) is 4. The number of carbonyl (C=O) groups excluding carboxylic acids is 2. The van der Waals surface area contributed by atoms with E-state index < -0.39 is 0 Å². The summed E-state index contributed by atoms with van der Waals surface area (Å²) in [5.41, 5.74) is 0. The van der Waals surface area contributed by atoms with Crippen LogP contribution >= 0.6 is 0 Å². The molecule has 0 aromatic heterocycles. The van der Waals surface area contributed by atoms with Gasteiger partial charge in [-0.2, -0.15) is 0 Å². The van der Waals surface area contributed by atoms with Crippen LogP contribution in [-0.2, 0) is 14.3 Å². The van der Waals surface area contributed by atoms with Gasteiger partial charge < -0.3 is 14.8 Å². The SMILES string of the molecule is CCCCCCCCCCCCCCCOC(=O)CCCCCNC(=O)OCC. The fraction of sp³-hybridized carbons (Fsp3) is 0.917. The lowest BCUT2D eigenvalue weighted by Crippen LogP contribution is -2.25. The first kappa shape index (κ1) is 27.7. The van der Waals surface area contributed by atoms with Gasteiger partial charge in [0.05, 0.1) is 13.2 Å². The summed E-state index contributed by atoms with van der Waals surface area (Å²) in [5.74, 6) is -0.0951. The molecule has 0 aromatic carbocycles. The Bertz CT molecular complexity index is 374. The van der Waals surface area contributed by atoms with E-state index in [2.05, 4.69) is 12.2 Å². The van der Waals surface area contributed by atoms with E-state index in [9.17, 15) is 9.59 Å². The van der Waals surface area contributed by atoms with E-state index in [1.807, 2.05) is 0 Å². The van der Waals surface area contributed by atoms with Gasteiger partial charge in [-0.05, 0) is 26.2 Å². The van der Waals surface area contributed by atoms with Crippen LogP contribution in [0.4, 0.5) is 4.79 Å². The number of alkyl carbamates (subject to hydrolysis) is 1. The minimum atomic E-state index is -0.371. The summed E-state index contributed by atoms with van der Waals surface area (Å²) in [6.07, 6.45) is 19.8. The minimum Gasteiger partial charge on any atom is -0.466 e. The van der Waals surface area contributed by atoms with E-state index in [0.29, 0.717) is 26.2 Å². The molecule has 29 heavy (non-hydrogen) atoms. The van der Waals surface area contributed by atoms with Crippen molar-refractivity contribution in [1.82, 2.24) is 5.32 Å². The molecule has 172 valence electrons. The smallest absolute Gasteiger partial charge is 0.407 e. The van der Waals surface area contributed by atoms with E-state index in [4.69, 9.17) is 9.47 Å². The van der Waals surface area contributed by atoms with Crippen LogP contribution < -0.4 is 5.32 Å². The van der Waals surface area contributed by atoms with E-state index in [-0.39, 0.29) is 12.1 Å². The standard InChI is InChI=1S/C24H47NO4/c1-3-5-6-7-8-9-10-11-12-13-14-15-19-22-29-23(26)20-17-16-18-21-25-24(27)28-4-2/h3-22H2,1-2H3,(H,25,27). The lowest BCUT2D eigenvalue weighted by molar-refractivity contribution is -0.143. The van der Waals surface area contributed by atoms with Crippen molar-refractivity contribution in [2.75, 3.05) is 19.8 Å². The van der Waals surface area contributed by atoms with Crippen molar-refractivity contribution in [2.45, 2.75) is 123 Å². The molecule has 0 aromatic rings. The predicted molar refractivity (Wildman–Crippen MR) is 120 cm³/mol. The van der Waals surface area contributed by atoms with Gasteiger partial charge in [-0.1, -0.05) is 90.4 Å². The van der Waals surface area contributed by atoms with Gasteiger partial charge >= 0.3 is 12.1 Å². The molecule has 0 saturated heterocycles. The third-order valence-corrected chi connectivity index (χ3v) is 5.11. The van der Waals surface area contributed by atoms with Gasteiger partial charge in [0, 0.05) is 13.0 Å². The summed E-state index contributed by atoms with van der Waals surface area (Å²) in [6, 6.07) is 0. The first-order chi connectivity index (χ1) is 14.2. The van der Waals surface area contributed by atoms with Gasteiger partial charge in [0.2, 0.25) is 0 Å². The van der Waals surface area contributed by atoms with Crippen LogP contribution in [0.2, 0.25) is 0 Å². The molecule has 1 N–H and O–H groups in total. The van der Waals surface area contributed by atoms with Crippen LogP contribution in [0.15, 0.2) is 0 Å². The summed E-state index contributed by atoms with van der Waals surface area (Å²) in [7, 11) is 0. The fourth-order valence-electron chi connectivity index (χ4n) is 3.32. The largest absolute Gasteiger partial charge is 0.466 e. The van der Waals surface area contributed by atoms with Crippen LogP contribution in [0.1, 0.15) is 123 Å². The first-order valence-electron chi connectivity index (χ1n) is 12.3. The van der Waals surface area contributed by atoms with Gasteiger partial charge in [-0.15, -0.1) is 0 Å². The normalized spacial score (nSPS) is 10.7. The Hall–Kier alpha value is -1.26. The third kappa shape index (κ3) is 22.9. The molecule has 0 spiro atoms. The second-order valence-corrected chi connectivity index (χ2v) is 7.92. The summed E-state index contributed by atoms with van der Waals surface area (Å²) < 4.78 is 10.1. The van der Waals surface area contributed by atoms with E-state index in [1.165, 1.54) is 70.6 Å². The molecule has 0 unspecified atom stereocenters. The van der Waals surface area contributed by atoms with Gasteiger partial charge in [0.25, 0.3) is 0 Å². The highest BCUT2D eigenvalue weighted by molar-refractivity contribution is 5.69. The molecule has 0 aliphatic heterocycles. The predicted octanol–water partition coefficient (Wildman–Crippen LogP) is 6.93. The average molecular weight is 414 g/mol. The molecule has 0 saturated carbocycles. The van der Waals surface area contributed by atoms with Gasteiger partial charge in [0.1, 0.15) is 0 Å². The van der Waals surface area contributed by atoms with Crippen LogP contribution in [0.3, 0.4) is 0 Å². The lowest BCUT2D eigenvalue weighted by atomic mass is 10.0. The van der Waals surface area contributed by atoms with Crippen molar-refractivity contribution in [3.05, 3.63) is 0 Å². The Morgan fingerprint density at radius 3 is 1.69 bits per heavy atom. The Balaban J connectivity index is 3.19. The Morgan fingerprint density at radius 2 is 1.14 bits per heavy atom. The lowest BCUT2D eigenvalue weighted by Gasteiger charge is -2.06. The van der Waals surface area contributed by atoms with Crippen molar-refractivity contribution < 1.29 is 19.1 Å².